The van der Waals surface area contributed by atoms with Gasteiger partial charge in [-0.2, -0.15) is 0 Å². The van der Waals surface area contributed by atoms with Crippen molar-refractivity contribution in [2.75, 3.05) is 13.2 Å². The van der Waals surface area contributed by atoms with Crippen molar-refractivity contribution < 1.29 is 4.74 Å². The van der Waals surface area contributed by atoms with Crippen molar-refractivity contribution >= 4 is 5.70 Å². The Morgan fingerprint density at radius 1 is 1.56 bits per heavy atom. The molecule has 16 heavy (non-hydrogen) atoms. The van der Waals surface area contributed by atoms with Gasteiger partial charge in [0.15, 0.2) is 0 Å². The summed E-state index contributed by atoms with van der Waals surface area (Å²) in [7, 11) is 0. The van der Waals surface area contributed by atoms with Crippen molar-refractivity contribution in [3.05, 3.63) is 30.6 Å². The number of allylic oxidation sites excluding steroid dienone is 3. The Morgan fingerprint density at radius 3 is 3.00 bits per heavy atom. The van der Waals surface area contributed by atoms with Crippen molar-refractivity contribution in [3.8, 4) is 0 Å². The minimum absolute atomic E-state index is 0.487. The van der Waals surface area contributed by atoms with Crippen LogP contribution in [0.4, 0.5) is 0 Å². The van der Waals surface area contributed by atoms with E-state index < -0.39 is 0 Å². The van der Waals surface area contributed by atoms with Gasteiger partial charge in [-0.25, -0.2) is 4.68 Å². The molecule has 0 aliphatic carbocycles. The maximum Gasteiger partial charge on any atom is 0.0864 e. The first kappa shape index (κ1) is 11.1. The molecule has 86 valence electrons. The molecule has 1 aromatic rings. The molecule has 0 aromatic carbocycles. The Bertz CT molecular complexity index is 389. The van der Waals surface area contributed by atoms with Crippen molar-refractivity contribution in [3.63, 3.8) is 0 Å². The fraction of sp³-hybridized carbons (Fsp3) is 0.500. The zero-order valence-electron chi connectivity index (χ0n) is 9.59. The van der Waals surface area contributed by atoms with E-state index in [1.54, 1.807) is 4.68 Å². The van der Waals surface area contributed by atoms with E-state index in [2.05, 4.69) is 16.9 Å². The number of ether oxygens (including phenoxy) is 1. The molecule has 1 aliphatic heterocycles. The predicted molar refractivity (Wildman–Crippen MR) is 63.0 cm³/mol. The third-order valence-corrected chi connectivity index (χ3v) is 2.80. The molecule has 0 bridgehead atoms. The van der Waals surface area contributed by atoms with Crippen LogP contribution >= 0.6 is 0 Å². The summed E-state index contributed by atoms with van der Waals surface area (Å²) in [6, 6.07) is 0. The fourth-order valence-electron chi connectivity index (χ4n) is 1.87. The average Bonchev–Trinajstić information content (AvgIpc) is 2.80. The number of nitrogens with zero attached hydrogens (tertiary/aromatic N) is 3. The number of rotatable bonds is 3. The van der Waals surface area contributed by atoms with E-state index in [0.29, 0.717) is 5.92 Å². The number of hydrogen-bond donors (Lipinski definition) is 0. The number of hydrogen-bond acceptors (Lipinski definition) is 3. The van der Waals surface area contributed by atoms with Crippen LogP contribution in [0, 0.1) is 0 Å². The van der Waals surface area contributed by atoms with Crippen LogP contribution < -0.4 is 0 Å². The van der Waals surface area contributed by atoms with Gasteiger partial charge in [0.2, 0.25) is 0 Å². The van der Waals surface area contributed by atoms with Gasteiger partial charge in [0.05, 0.1) is 17.6 Å². The van der Waals surface area contributed by atoms with Crippen LogP contribution in [0.1, 0.15) is 31.4 Å². The average molecular weight is 219 g/mol. The summed E-state index contributed by atoms with van der Waals surface area (Å²) >= 11 is 0. The van der Waals surface area contributed by atoms with Gasteiger partial charge >= 0.3 is 0 Å². The molecule has 0 N–H and O–H groups in total. The molecule has 0 saturated carbocycles. The first-order valence-corrected chi connectivity index (χ1v) is 5.63. The second kappa shape index (κ2) is 5.07. The maximum atomic E-state index is 5.33. The van der Waals surface area contributed by atoms with Crippen LogP contribution in [0.3, 0.4) is 0 Å². The van der Waals surface area contributed by atoms with E-state index in [0.717, 1.165) is 37.4 Å². The van der Waals surface area contributed by atoms with Gasteiger partial charge in [0.25, 0.3) is 0 Å². The van der Waals surface area contributed by atoms with E-state index in [9.17, 15) is 0 Å². The molecule has 4 heteroatoms. The third kappa shape index (κ3) is 2.39. The highest BCUT2D eigenvalue weighted by atomic mass is 16.5. The highest BCUT2D eigenvalue weighted by molar-refractivity contribution is 5.52. The molecule has 2 rings (SSSR count). The standard InChI is InChI=1S/C12H17N3O/c1-3-4-10(2)15-9-12(13-14-15)11-5-7-16-8-6-11/h3-4,9,11H,2,5-8H2,1H3/b4-3-. The van der Waals surface area contributed by atoms with E-state index in [-0.39, 0.29) is 0 Å². The lowest BCUT2D eigenvalue weighted by atomic mass is 9.97. The molecule has 2 heterocycles. The zero-order chi connectivity index (χ0) is 11.4. The fourth-order valence-corrected chi connectivity index (χ4v) is 1.87. The maximum absolute atomic E-state index is 5.33. The highest BCUT2D eigenvalue weighted by Crippen LogP contribution is 2.25. The highest BCUT2D eigenvalue weighted by Gasteiger charge is 2.18. The van der Waals surface area contributed by atoms with E-state index >= 15 is 0 Å². The third-order valence-electron chi connectivity index (χ3n) is 2.80. The molecule has 0 unspecified atom stereocenters. The topological polar surface area (TPSA) is 39.9 Å². The van der Waals surface area contributed by atoms with Gasteiger partial charge < -0.3 is 4.74 Å². The van der Waals surface area contributed by atoms with Crippen LogP contribution in [0.5, 0.6) is 0 Å². The normalized spacial score (nSPS) is 18.1. The van der Waals surface area contributed by atoms with Gasteiger partial charge in [-0.3, -0.25) is 0 Å². The van der Waals surface area contributed by atoms with Crippen LogP contribution in [0.2, 0.25) is 0 Å². The molecule has 0 spiro atoms. The lowest BCUT2D eigenvalue weighted by molar-refractivity contribution is 0.0845. The van der Waals surface area contributed by atoms with E-state index in [1.165, 1.54) is 0 Å². The second-order valence-corrected chi connectivity index (χ2v) is 3.97. The van der Waals surface area contributed by atoms with Gasteiger partial charge in [-0.1, -0.05) is 17.9 Å². The zero-order valence-corrected chi connectivity index (χ0v) is 9.59. The molecule has 0 amide bonds. The molecular weight excluding hydrogens is 202 g/mol. The van der Waals surface area contributed by atoms with Crippen LogP contribution in [0.15, 0.2) is 24.9 Å². The summed E-state index contributed by atoms with van der Waals surface area (Å²) in [5.41, 5.74) is 1.89. The Kier molecular flexibility index (Phi) is 3.51. The summed E-state index contributed by atoms with van der Waals surface area (Å²) in [5.74, 6) is 0.487. The SMILES string of the molecule is C=C(/C=C\C)n1cc(C2CCOCC2)nn1. The molecule has 1 fully saturated rings. The van der Waals surface area contributed by atoms with Crippen molar-refractivity contribution in [2.24, 2.45) is 0 Å². The minimum Gasteiger partial charge on any atom is -0.381 e. The van der Waals surface area contributed by atoms with Crippen LogP contribution in [0.25, 0.3) is 5.70 Å². The largest absolute Gasteiger partial charge is 0.381 e. The molecule has 1 saturated heterocycles. The summed E-state index contributed by atoms with van der Waals surface area (Å²) in [6.45, 7) is 7.54. The summed E-state index contributed by atoms with van der Waals surface area (Å²) < 4.78 is 7.06. The summed E-state index contributed by atoms with van der Waals surface area (Å²) in [5, 5.41) is 8.29. The molecule has 0 atom stereocenters. The summed E-state index contributed by atoms with van der Waals surface area (Å²) in [6.07, 6.45) is 7.91. The lowest BCUT2D eigenvalue weighted by Gasteiger charge is -2.19. The van der Waals surface area contributed by atoms with Crippen molar-refractivity contribution in [1.29, 1.82) is 0 Å². The Hall–Kier alpha value is -1.42. The molecule has 0 radical (unpaired) electrons. The first-order chi connectivity index (χ1) is 7.81. The molecule has 4 nitrogen and oxygen atoms in total. The Labute approximate surface area is 95.6 Å². The van der Waals surface area contributed by atoms with Crippen LogP contribution in [-0.4, -0.2) is 28.2 Å². The quantitative estimate of drug-likeness (QED) is 0.732. The van der Waals surface area contributed by atoms with Gasteiger partial charge in [-0.15, -0.1) is 5.10 Å². The van der Waals surface area contributed by atoms with Gasteiger partial charge in [0.1, 0.15) is 0 Å². The van der Waals surface area contributed by atoms with E-state index in [1.807, 2.05) is 25.3 Å². The minimum atomic E-state index is 0.487. The van der Waals surface area contributed by atoms with Gasteiger partial charge in [0, 0.05) is 19.1 Å². The molecule has 1 aliphatic rings. The second-order valence-electron chi connectivity index (χ2n) is 3.97. The predicted octanol–water partition coefficient (Wildman–Crippen LogP) is 2.22. The van der Waals surface area contributed by atoms with Crippen molar-refractivity contribution in [1.82, 2.24) is 15.0 Å². The summed E-state index contributed by atoms with van der Waals surface area (Å²) in [4.78, 5) is 0. The van der Waals surface area contributed by atoms with Crippen LogP contribution in [-0.2, 0) is 4.74 Å². The Balaban J connectivity index is 2.09. The smallest absolute Gasteiger partial charge is 0.0864 e. The van der Waals surface area contributed by atoms with Gasteiger partial charge in [-0.05, 0) is 25.8 Å². The molecular formula is C12H17N3O. The first-order valence-electron chi connectivity index (χ1n) is 5.63. The van der Waals surface area contributed by atoms with E-state index in [4.69, 9.17) is 4.74 Å². The lowest BCUT2D eigenvalue weighted by Crippen LogP contribution is -2.14. The monoisotopic (exact) mass is 219 g/mol. The Morgan fingerprint density at radius 2 is 2.31 bits per heavy atom. The van der Waals surface area contributed by atoms with Crippen molar-refractivity contribution in [2.45, 2.75) is 25.7 Å². The number of aromatic nitrogens is 3. The molecule has 1 aromatic heterocycles.